The highest BCUT2D eigenvalue weighted by Crippen LogP contribution is 2.36. The average molecular weight is 444 g/mol. The van der Waals surface area contributed by atoms with Crippen molar-refractivity contribution in [3.05, 3.63) is 61.4 Å². The van der Waals surface area contributed by atoms with Gasteiger partial charge in [-0.05, 0) is 58.0 Å². The topological polar surface area (TPSA) is 61.7 Å². The Morgan fingerprint density at radius 2 is 2.00 bits per heavy atom. The van der Waals surface area contributed by atoms with Crippen LogP contribution in [0.1, 0.15) is 5.56 Å². The van der Waals surface area contributed by atoms with Gasteiger partial charge in [0.05, 0.1) is 20.1 Å². The number of nitrogens with zero attached hydrogens (tertiary/aromatic N) is 1. The summed E-state index contributed by atoms with van der Waals surface area (Å²) in [5.74, 6) is -0.293. The Bertz CT molecular complexity index is 900. The van der Waals surface area contributed by atoms with Crippen LogP contribution in [0.15, 0.2) is 50.8 Å². The van der Waals surface area contributed by atoms with E-state index < -0.39 is 0 Å². The quantitative estimate of drug-likeness (QED) is 0.614. The molecule has 122 valence electrons. The molecule has 1 aliphatic rings. The smallest absolute Gasteiger partial charge is 0.264 e. The van der Waals surface area contributed by atoms with Gasteiger partial charge >= 0.3 is 0 Å². The molecular formula is C16H9BrCl2N2O2S. The van der Waals surface area contributed by atoms with E-state index >= 15 is 0 Å². The molecule has 0 saturated carbocycles. The molecule has 0 atom stereocenters. The highest BCUT2D eigenvalue weighted by atomic mass is 79.9. The number of halogens is 3. The molecule has 0 unspecified atom stereocenters. The highest BCUT2D eigenvalue weighted by molar-refractivity contribution is 9.10. The summed E-state index contributed by atoms with van der Waals surface area (Å²) in [6.45, 7) is 0. The number of aliphatic imine (C=N–C) groups is 1. The van der Waals surface area contributed by atoms with Gasteiger partial charge in [-0.3, -0.25) is 4.79 Å². The van der Waals surface area contributed by atoms with E-state index in [4.69, 9.17) is 23.2 Å². The molecule has 0 aromatic heterocycles. The van der Waals surface area contributed by atoms with Crippen LogP contribution in [0.3, 0.4) is 0 Å². The minimum atomic E-state index is -0.304. The zero-order valence-electron chi connectivity index (χ0n) is 11.9. The number of para-hydroxylation sites is 1. The summed E-state index contributed by atoms with van der Waals surface area (Å²) < 4.78 is 0.454. The van der Waals surface area contributed by atoms with Crippen molar-refractivity contribution in [3.63, 3.8) is 0 Å². The molecule has 24 heavy (non-hydrogen) atoms. The zero-order valence-corrected chi connectivity index (χ0v) is 15.8. The average Bonchev–Trinajstić information content (AvgIpc) is 2.86. The molecular weight excluding hydrogens is 435 g/mol. The van der Waals surface area contributed by atoms with Gasteiger partial charge in [-0.1, -0.05) is 35.3 Å². The molecule has 0 bridgehead atoms. The number of benzene rings is 2. The Hall–Kier alpha value is -1.47. The molecule has 0 radical (unpaired) electrons. The summed E-state index contributed by atoms with van der Waals surface area (Å²) in [4.78, 5) is 16.8. The second-order valence-corrected chi connectivity index (χ2v) is 7.49. The Morgan fingerprint density at radius 1 is 1.25 bits per heavy atom. The van der Waals surface area contributed by atoms with Gasteiger partial charge in [0.2, 0.25) is 0 Å². The van der Waals surface area contributed by atoms with Gasteiger partial charge < -0.3 is 10.4 Å². The van der Waals surface area contributed by atoms with Crippen LogP contribution in [-0.4, -0.2) is 16.2 Å². The number of thioether (sulfide) groups is 1. The van der Waals surface area contributed by atoms with E-state index in [-0.39, 0.29) is 11.7 Å². The summed E-state index contributed by atoms with van der Waals surface area (Å²) in [5, 5.41) is 14.1. The number of carbonyl (C=O) groups excluding carboxylic acids is 1. The van der Waals surface area contributed by atoms with Gasteiger partial charge in [-0.15, -0.1) is 0 Å². The molecule has 2 N–H and O–H groups in total. The Labute approximate surface area is 160 Å². The third kappa shape index (κ3) is 3.78. The Morgan fingerprint density at radius 3 is 2.75 bits per heavy atom. The third-order valence-corrected chi connectivity index (χ3v) is 5.12. The van der Waals surface area contributed by atoms with Gasteiger partial charge in [-0.25, -0.2) is 4.99 Å². The monoisotopic (exact) mass is 442 g/mol. The Balaban J connectivity index is 1.92. The molecule has 1 fully saturated rings. The van der Waals surface area contributed by atoms with Crippen LogP contribution in [0, 0.1) is 0 Å². The van der Waals surface area contributed by atoms with Crippen molar-refractivity contribution < 1.29 is 9.90 Å². The number of nitrogens with one attached hydrogen (secondary N) is 1. The molecule has 0 aliphatic carbocycles. The predicted octanol–water partition coefficient (Wildman–Crippen LogP) is 5.35. The number of amides is 1. The van der Waals surface area contributed by atoms with Crippen molar-refractivity contribution in [2.45, 2.75) is 0 Å². The van der Waals surface area contributed by atoms with Crippen LogP contribution in [0.25, 0.3) is 6.08 Å². The van der Waals surface area contributed by atoms with E-state index in [0.717, 1.165) is 11.8 Å². The highest BCUT2D eigenvalue weighted by Gasteiger charge is 2.24. The number of amidine groups is 1. The summed E-state index contributed by atoms with van der Waals surface area (Å²) in [6, 6.07) is 10.2. The lowest BCUT2D eigenvalue weighted by Gasteiger charge is -2.03. The molecule has 1 heterocycles. The largest absolute Gasteiger partial charge is 0.506 e. The first-order valence-electron chi connectivity index (χ1n) is 6.66. The van der Waals surface area contributed by atoms with Crippen LogP contribution in [0.2, 0.25) is 10.0 Å². The minimum Gasteiger partial charge on any atom is -0.506 e. The minimum absolute atomic E-state index is 0.0109. The molecule has 2 aromatic rings. The second-order valence-electron chi connectivity index (χ2n) is 4.76. The standard InChI is InChI=1S/C16H9BrCl2N2O2S/c17-10-7-9(18)5-8(14(10)22)6-13-15(23)21-16(24-13)20-12-4-2-1-3-11(12)19/h1-7,22H,(H,20,21,23)/b13-6+. The van der Waals surface area contributed by atoms with E-state index in [1.54, 1.807) is 36.4 Å². The van der Waals surface area contributed by atoms with Gasteiger partial charge in [0.1, 0.15) is 5.75 Å². The van der Waals surface area contributed by atoms with Gasteiger partial charge in [0, 0.05) is 10.6 Å². The first kappa shape index (κ1) is 17.4. The van der Waals surface area contributed by atoms with Crippen LogP contribution >= 0.6 is 50.9 Å². The van der Waals surface area contributed by atoms with E-state index in [2.05, 4.69) is 26.2 Å². The molecule has 0 spiro atoms. The van der Waals surface area contributed by atoms with Gasteiger partial charge in [0.25, 0.3) is 5.91 Å². The van der Waals surface area contributed by atoms with E-state index in [1.165, 1.54) is 0 Å². The molecule has 8 heteroatoms. The second kappa shape index (κ2) is 7.19. The molecule has 1 aliphatic heterocycles. The van der Waals surface area contributed by atoms with Crippen molar-refractivity contribution >= 4 is 73.7 Å². The summed E-state index contributed by atoms with van der Waals surface area (Å²) in [7, 11) is 0. The molecule has 4 nitrogen and oxygen atoms in total. The number of carbonyl (C=O) groups is 1. The van der Waals surface area contributed by atoms with E-state index in [9.17, 15) is 9.90 Å². The number of phenols is 1. The van der Waals surface area contributed by atoms with Crippen LogP contribution in [0.5, 0.6) is 5.75 Å². The van der Waals surface area contributed by atoms with Gasteiger partial charge in [-0.2, -0.15) is 0 Å². The lowest BCUT2D eigenvalue weighted by atomic mass is 10.2. The molecule has 3 rings (SSSR count). The van der Waals surface area contributed by atoms with E-state index in [1.807, 2.05) is 6.07 Å². The van der Waals surface area contributed by atoms with Gasteiger partial charge in [0.15, 0.2) is 5.17 Å². The molecule has 2 aromatic carbocycles. The lowest BCUT2D eigenvalue weighted by Crippen LogP contribution is -2.19. The van der Waals surface area contributed by atoms with Crippen molar-refractivity contribution in [1.29, 1.82) is 0 Å². The third-order valence-electron chi connectivity index (χ3n) is 3.07. The molecule has 1 amide bonds. The van der Waals surface area contributed by atoms with Crippen LogP contribution < -0.4 is 5.32 Å². The van der Waals surface area contributed by atoms with Crippen molar-refractivity contribution in [1.82, 2.24) is 5.32 Å². The van der Waals surface area contributed by atoms with Crippen molar-refractivity contribution in [3.8, 4) is 5.75 Å². The van der Waals surface area contributed by atoms with Crippen LogP contribution in [-0.2, 0) is 4.79 Å². The Kier molecular flexibility index (Phi) is 5.20. The maximum absolute atomic E-state index is 12.1. The number of hydrogen-bond donors (Lipinski definition) is 2. The summed E-state index contributed by atoms with van der Waals surface area (Å²) in [5.41, 5.74) is 1.00. The fourth-order valence-electron chi connectivity index (χ4n) is 1.97. The fourth-order valence-corrected chi connectivity index (χ4v) is 3.81. The number of rotatable bonds is 2. The predicted molar refractivity (Wildman–Crippen MR) is 103 cm³/mol. The number of hydrogen-bond acceptors (Lipinski definition) is 4. The fraction of sp³-hybridized carbons (Fsp3) is 0. The molecule has 1 saturated heterocycles. The van der Waals surface area contributed by atoms with E-state index in [0.29, 0.717) is 35.8 Å². The maximum Gasteiger partial charge on any atom is 0.264 e. The summed E-state index contributed by atoms with van der Waals surface area (Å²) >= 11 is 16.4. The lowest BCUT2D eigenvalue weighted by molar-refractivity contribution is -0.115. The van der Waals surface area contributed by atoms with Crippen molar-refractivity contribution in [2.24, 2.45) is 4.99 Å². The first-order chi connectivity index (χ1) is 11.4. The normalized spacial score (nSPS) is 17.5. The summed E-state index contributed by atoms with van der Waals surface area (Å²) in [6.07, 6.45) is 1.56. The van der Waals surface area contributed by atoms with Crippen molar-refractivity contribution in [2.75, 3.05) is 0 Å². The number of aromatic hydroxyl groups is 1. The van der Waals surface area contributed by atoms with Crippen LogP contribution in [0.4, 0.5) is 5.69 Å². The zero-order chi connectivity index (χ0) is 17.3. The maximum atomic E-state index is 12.1. The SMILES string of the molecule is O=C1NC(=Nc2ccccc2Cl)S/C1=C/c1cc(Cl)cc(Br)c1O. The first-order valence-corrected chi connectivity index (χ1v) is 9.02. The number of phenolic OH excluding ortho intramolecular Hbond substituents is 1.